The van der Waals surface area contributed by atoms with E-state index >= 15 is 0 Å². The van der Waals surface area contributed by atoms with Crippen LogP contribution in [0.2, 0.25) is 0 Å². The quantitative estimate of drug-likeness (QED) is 0.714. The van der Waals surface area contributed by atoms with Gasteiger partial charge < -0.3 is 19.5 Å². The molecule has 1 aromatic heterocycles. The van der Waals surface area contributed by atoms with E-state index in [2.05, 4.69) is 23.9 Å². The topological polar surface area (TPSA) is 73.9 Å². The lowest BCUT2D eigenvalue weighted by atomic mass is 10.0. The molecule has 2 rings (SSSR count). The summed E-state index contributed by atoms with van der Waals surface area (Å²) in [5, 5.41) is 5.06. The van der Waals surface area contributed by atoms with E-state index in [1.165, 1.54) is 14.2 Å². The second kappa shape index (κ2) is 9.24. The number of benzene rings is 1. The minimum absolute atomic E-state index is 0.0660. The van der Waals surface area contributed by atoms with Crippen LogP contribution in [0.4, 0.5) is 0 Å². The van der Waals surface area contributed by atoms with Crippen LogP contribution in [0.3, 0.4) is 0 Å². The van der Waals surface area contributed by atoms with Gasteiger partial charge in [0.2, 0.25) is 0 Å². The molecule has 1 amide bonds. The third kappa shape index (κ3) is 4.98. The average molecular weight is 377 g/mol. The number of hydrogen-bond donors (Lipinski definition) is 1. The lowest BCUT2D eigenvalue weighted by Crippen LogP contribution is -2.31. The molecular formula is C19H23NO5S. The Bertz CT molecular complexity index is 742. The first-order valence-corrected chi connectivity index (χ1v) is 9.06. The maximum absolute atomic E-state index is 12.7. The SMILES string of the molecule is COC(=O)COc1ccc(C(=O)NC(c2cccs2)C(C)C)cc1OC. The molecule has 0 fully saturated rings. The normalized spacial score (nSPS) is 11.7. The lowest BCUT2D eigenvalue weighted by molar-refractivity contribution is -0.142. The summed E-state index contributed by atoms with van der Waals surface area (Å²) in [6, 6.07) is 8.75. The van der Waals surface area contributed by atoms with Crippen LogP contribution in [0.25, 0.3) is 0 Å². The van der Waals surface area contributed by atoms with Gasteiger partial charge in [0.1, 0.15) is 0 Å². The Kier molecular flexibility index (Phi) is 7.03. The number of hydrogen-bond acceptors (Lipinski definition) is 6. The molecule has 0 spiro atoms. The van der Waals surface area contributed by atoms with Crippen molar-refractivity contribution in [1.82, 2.24) is 5.32 Å². The molecule has 1 N–H and O–H groups in total. The molecule has 1 atom stereocenters. The average Bonchev–Trinajstić information content (AvgIpc) is 3.17. The van der Waals surface area contributed by atoms with Gasteiger partial charge in [0.05, 0.1) is 20.3 Å². The fraction of sp³-hybridized carbons (Fsp3) is 0.368. The number of esters is 1. The van der Waals surface area contributed by atoms with E-state index in [0.29, 0.717) is 17.1 Å². The minimum atomic E-state index is -0.496. The second-order valence-electron chi connectivity index (χ2n) is 5.94. The Balaban J connectivity index is 2.14. The number of amides is 1. The zero-order valence-electron chi connectivity index (χ0n) is 15.3. The van der Waals surface area contributed by atoms with E-state index in [-0.39, 0.29) is 24.5 Å². The van der Waals surface area contributed by atoms with E-state index < -0.39 is 5.97 Å². The molecule has 1 unspecified atom stereocenters. The number of carbonyl (C=O) groups is 2. The largest absolute Gasteiger partial charge is 0.493 e. The fourth-order valence-electron chi connectivity index (χ4n) is 2.38. The van der Waals surface area contributed by atoms with E-state index in [1.807, 2.05) is 17.5 Å². The molecule has 0 saturated heterocycles. The van der Waals surface area contributed by atoms with Gasteiger partial charge in [-0.3, -0.25) is 4.79 Å². The van der Waals surface area contributed by atoms with Crippen LogP contribution in [-0.4, -0.2) is 32.7 Å². The first-order valence-electron chi connectivity index (χ1n) is 8.18. The predicted molar refractivity (Wildman–Crippen MR) is 99.9 cm³/mol. The molecule has 0 radical (unpaired) electrons. The van der Waals surface area contributed by atoms with Gasteiger partial charge in [-0.25, -0.2) is 4.79 Å². The van der Waals surface area contributed by atoms with Gasteiger partial charge in [0.15, 0.2) is 18.1 Å². The van der Waals surface area contributed by atoms with Crippen molar-refractivity contribution in [2.75, 3.05) is 20.8 Å². The fourth-order valence-corrected chi connectivity index (χ4v) is 3.33. The molecular weight excluding hydrogens is 354 g/mol. The summed E-state index contributed by atoms with van der Waals surface area (Å²) >= 11 is 1.61. The number of rotatable bonds is 8. The first-order chi connectivity index (χ1) is 12.5. The van der Waals surface area contributed by atoms with Crippen molar-refractivity contribution >= 4 is 23.2 Å². The summed E-state index contributed by atoms with van der Waals surface area (Å²) in [6.45, 7) is 3.90. The van der Waals surface area contributed by atoms with Crippen molar-refractivity contribution in [3.8, 4) is 11.5 Å². The number of nitrogens with one attached hydrogen (secondary N) is 1. The highest BCUT2D eigenvalue weighted by molar-refractivity contribution is 7.10. The van der Waals surface area contributed by atoms with Crippen molar-refractivity contribution in [1.29, 1.82) is 0 Å². The summed E-state index contributed by atoms with van der Waals surface area (Å²) < 4.78 is 15.2. The number of carbonyl (C=O) groups excluding carboxylic acids is 2. The van der Waals surface area contributed by atoms with Gasteiger partial charge in [-0.15, -0.1) is 11.3 Å². The standard InChI is InChI=1S/C19H23NO5S/c1-12(2)18(16-6-5-9-26-16)20-19(22)13-7-8-14(15(10-13)23-3)25-11-17(21)24-4/h5-10,12,18H,11H2,1-4H3,(H,20,22). The molecule has 6 nitrogen and oxygen atoms in total. The van der Waals surface area contributed by atoms with Crippen LogP contribution in [0, 0.1) is 5.92 Å². The molecule has 1 heterocycles. The van der Waals surface area contributed by atoms with Crippen LogP contribution in [-0.2, 0) is 9.53 Å². The third-order valence-corrected chi connectivity index (χ3v) is 4.76. The van der Waals surface area contributed by atoms with E-state index in [4.69, 9.17) is 9.47 Å². The highest BCUT2D eigenvalue weighted by atomic mass is 32.1. The summed E-state index contributed by atoms with van der Waals surface area (Å²) in [4.78, 5) is 25.0. The smallest absolute Gasteiger partial charge is 0.343 e. The summed E-state index contributed by atoms with van der Waals surface area (Å²) in [5.41, 5.74) is 0.453. The lowest BCUT2D eigenvalue weighted by Gasteiger charge is -2.21. The highest BCUT2D eigenvalue weighted by Gasteiger charge is 2.21. The summed E-state index contributed by atoms with van der Waals surface area (Å²) in [6.07, 6.45) is 0. The number of ether oxygens (including phenoxy) is 3. The van der Waals surface area contributed by atoms with Gasteiger partial charge in [-0.1, -0.05) is 19.9 Å². The molecule has 7 heteroatoms. The molecule has 26 heavy (non-hydrogen) atoms. The Labute approximate surface area is 157 Å². The molecule has 1 aromatic carbocycles. The van der Waals surface area contributed by atoms with E-state index in [1.54, 1.807) is 29.5 Å². The van der Waals surface area contributed by atoms with Gasteiger partial charge in [-0.05, 0) is 35.6 Å². The number of methoxy groups -OCH3 is 2. The summed E-state index contributed by atoms with van der Waals surface area (Å²) in [7, 11) is 2.76. The first kappa shape index (κ1) is 19.8. The monoisotopic (exact) mass is 377 g/mol. The molecule has 0 aliphatic rings. The van der Waals surface area contributed by atoms with Crippen LogP contribution in [0.5, 0.6) is 11.5 Å². The van der Waals surface area contributed by atoms with Gasteiger partial charge in [0.25, 0.3) is 5.91 Å². The van der Waals surface area contributed by atoms with Crippen molar-refractivity contribution in [3.63, 3.8) is 0 Å². The Morgan fingerprint density at radius 1 is 1.15 bits per heavy atom. The molecule has 0 aliphatic heterocycles. The third-order valence-electron chi connectivity index (χ3n) is 3.80. The van der Waals surface area contributed by atoms with Gasteiger partial charge >= 0.3 is 5.97 Å². The molecule has 0 aliphatic carbocycles. The van der Waals surface area contributed by atoms with Gasteiger partial charge in [-0.2, -0.15) is 0 Å². The zero-order chi connectivity index (χ0) is 19.1. The van der Waals surface area contributed by atoms with Crippen LogP contribution < -0.4 is 14.8 Å². The molecule has 2 aromatic rings. The van der Waals surface area contributed by atoms with Crippen molar-refractivity contribution < 1.29 is 23.8 Å². The zero-order valence-corrected chi connectivity index (χ0v) is 16.1. The molecule has 0 bridgehead atoms. The van der Waals surface area contributed by atoms with Crippen LogP contribution in [0.15, 0.2) is 35.7 Å². The molecule has 0 saturated carbocycles. The van der Waals surface area contributed by atoms with Crippen molar-refractivity contribution in [2.24, 2.45) is 5.92 Å². The highest BCUT2D eigenvalue weighted by Crippen LogP contribution is 2.30. The number of thiophene rings is 1. The van der Waals surface area contributed by atoms with Crippen LogP contribution in [0.1, 0.15) is 35.1 Å². The van der Waals surface area contributed by atoms with E-state index in [0.717, 1.165) is 4.88 Å². The minimum Gasteiger partial charge on any atom is -0.493 e. The van der Waals surface area contributed by atoms with Crippen LogP contribution >= 0.6 is 11.3 Å². The maximum atomic E-state index is 12.7. The van der Waals surface area contributed by atoms with E-state index in [9.17, 15) is 9.59 Å². The maximum Gasteiger partial charge on any atom is 0.343 e. The Morgan fingerprint density at radius 3 is 2.50 bits per heavy atom. The molecule has 140 valence electrons. The summed E-state index contributed by atoms with van der Waals surface area (Å²) in [5.74, 6) is 0.300. The Morgan fingerprint density at radius 2 is 1.92 bits per heavy atom. The Hall–Kier alpha value is -2.54. The van der Waals surface area contributed by atoms with Crippen molar-refractivity contribution in [3.05, 3.63) is 46.2 Å². The predicted octanol–water partition coefficient (Wildman–Crippen LogP) is 3.44. The van der Waals surface area contributed by atoms with Crippen molar-refractivity contribution in [2.45, 2.75) is 19.9 Å². The second-order valence-corrected chi connectivity index (χ2v) is 6.92. The van der Waals surface area contributed by atoms with Gasteiger partial charge in [0, 0.05) is 10.4 Å².